The van der Waals surface area contributed by atoms with Gasteiger partial charge in [0.1, 0.15) is 48.8 Å². The highest BCUT2D eigenvalue weighted by molar-refractivity contribution is 7.53. The fourth-order valence-electron chi connectivity index (χ4n) is 4.97. The van der Waals surface area contributed by atoms with E-state index in [9.17, 15) is 49.6 Å². The highest BCUT2D eigenvalue weighted by Crippen LogP contribution is 2.45. The van der Waals surface area contributed by atoms with Crippen LogP contribution in [0.1, 0.15) is 44.9 Å². The third-order valence-corrected chi connectivity index (χ3v) is 10.4. The number of aliphatic hydroxyl groups excluding tert-OH is 6. The van der Waals surface area contributed by atoms with Gasteiger partial charge in [-0.05, 0) is 33.4 Å². The largest absolute Gasteiger partial charge is 0.394 e. The first-order chi connectivity index (χ1) is 21.1. The number of nitrogens with zero attached hydrogens (tertiary/aromatic N) is 1. The maximum atomic E-state index is 12.7. The standard InChI is InChI=1S/C27H53NO15P2/c1-4-5-6-7-8-9-10-11-13-39-45(37,38)17-20-22(31)24(33)26(18(15-29)41-20)43-27-25(34)23(32)21(30)19(42-27)16-40-44(35,36)14-12-28(2)3/h4,18-27,29-34H,1,5-17H2,2-3H3,(H,35,36)(H,37,38)/t18-,19-,20-,21+,22-,23+,24-,25-,26-,27+/m1/s1. The lowest BCUT2D eigenvalue weighted by Crippen LogP contribution is -2.64. The van der Waals surface area contributed by atoms with Crippen molar-refractivity contribution in [2.75, 3.05) is 52.8 Å². The second-order valence-electron chi connectivity index (χ2n) is 11.8. The Morgan fingerprint density at radius 1 is 0.778 bits per heavy atom. The molecule has 0 aromatic heterocycles. The van der Waals surface area contributed by atoms with Crippen molar-refractivity contribution in [3.05, 3.63) is 12.7 Å². The molecule has 0 aromatic rings. The normalized spacial score (nSPS) is 35.2. The summed E-state index contributed by atoms with van der Waals surface area (Å²) in [4.78, 5) is 22.1. The van der Waals surface area contributed by atoms with Crippen LogP contribution >= 0.6 is 15.2 Å². The Morgan fingerprint density at radius 3 is 2.02 bits per heavy atom. The van der Waals surface area contributed by atoms with E-state index in [2.05, 4.69) is 6.58 Å². The molecule has 0 bridgehead atoms. The van der Waals surface area contributed by atoms with Crippen LogP contribution in [0.25, 0.3) is 0 Å². The van der Waals surface area contributed by atoms with Gasteiger partial charge in [0.25, 0.3) is 0 Å². The number of rotatable bonds is 21. The first kappa shape index (κ1) is 40.8. The molecule has 12 atom stereocenters. The number of unbranched alkanes of at least 4 members (excludes halogenated alkanes) is 6. The lowest BCUT2D eigenvalue weighted by molar-refractivity contribution is -0.340. The Balaban J connectivity index is 1.94. The summed E-state index contributed by atoms with van der Waals surface area (Å²) in [7, 11) is -4.98. The van der Waals surface area contributed by atoms with Crippen molar-refractivity contribution in [2.24, 2.45) is 0 Å². The van der Waals surface area contributed by atoms with Crippen molar-refractivity contribution in [1.82, 2.24) is 4.90 Å². The van der Waals surface area contributed by atoms with Crippen LogP contribution in [-0.4, -0.2) is 159 Å². The first-order valence-corrected chi connectivity index (χ1v) is 18.8. The molecule has 45 heavy (non-hydrogen) atoms. The van der Waals surface area contributed by atoms with Gasteiger partial charge in [-0.15, -0.1) is 6.58 Å². The minimum atomic E-state index is -4.27. The lowest BCUT2D eigenvalue weighted by Gasteiger charge is -2.46. The summed E-state index contributed by atoms with van der Waals surface area (Å²) in [5, 5.41) is 62.7. The van der Waals surface area contributed by atoms with Gasteiger partial charge in [-0.2, -0.15) is 0 Å². The van der Waals surface area contributed by atoms with Crippen LogP contribution in [0.5, 0.6) is 0 Å². The number of allylic oxidation sites excluding steroid dienone is 1. The zero-order valence-corrected chi connectivity index (χ0v) is 27.8. The van der Waals surface area contributed by atoms with Crippen molar-refractivity contribution in [3.8, 4) is 0 Å². The summed E-state index contributed by atoms with van der Waals surface area (Å²) in [6.45, 7) is 2.49. The van der Waals surface area contributed by atoms with Gasteiger partial charge in [0.15, 0.2) is 6.29 Å². The molecule has 2 heterocycles. The zero-order chi connectivity index (χ0) is 33.8. The fraction of sp³-hybridized carbons (Fsp3) is 0.926. The third kappa shape index (κ3) is 13.6. The molecular formula is C27H53NO15P2. The van der Waals surface area contributed by atoms with E-state index in [0.29, 0.717) is 6.42 Å². The second-order valence-corrected chi connectivity index (χ2v) is 15.7. The molecule has 2 rings (SSSR count). The number of aliphatic hydroxyl groups is 6. The molecule has 0 saturated carbocycles. The molecular weight excluding hydrogens is 640 g/mol. The lowest BCUT2D eigenvalue weighted by atomic mass is 9.95. The van der Waals surface area contributed by atoms with Gasteiger partial charge in [-0.3, -0.25) is 9.13 Å². The van der Waals surface area contributed by atoms with E-state index in [1.54, 1.807) is 19.0 Å². The summed E-state index contributed by atoms with van der Waals surface area (Å²) in [5.41, 5.74) is 0. The molecule has 0 amide bonds. The number of ether oxygens (including phenoxy) is 3. The molecule has 0 aliphatic carbocycles. The van der Waals surface area contributed by atoms with Crippen molar-refractivity contribution < 1.29 is 72.8 Å². The van der Waals surface area contributed by atoms with Crippen LogP contribution in [0.3, 0.4) is 0 Å². The molecule has 2 fully saturated rings. The molecule has 2 aliphatic rings. The van der Waals surface area contributed by atoms with Crippen LogP contribution in [0, 0.1) is 0 Å². The predicted octanol–water partition coefficient (Wildman–Crippen LogP) is -0.457. The zero-order valence-electron chi connectivity index (χ0n) is 26.0. The summed E-state index contributed by atoms with van der Waals surface area (Å²) in [6, 6.07) is 0. The molecule has 0 spiro atoms. The Labute approximate surface area is 264 Å². The molecule has 0 radical (unpaired) electrons. The van der Waals surface area contributed by atoms with Crippen molar-refractivity contribution >= 4 is 15.2 Å². The summed E-state index contributed by atoms with van der Waals surface area (Å²) >= 11 is 0. The molecule has 266 valence electrons. The van der Waals surface area contributed by atoms with E-state index in [-0.39, 0.29) is 19.3 Å². The van der Waals surface area contributed by atoms with Gasteiger partial charge in [-0.1, -0.05) is 31.8 Å². The van der Waals surface area contributed by atoms with Gasteiger partial charge in [0.2, 0.25) is 0 Å². The average molecular weight is 694 g/mol. The Morgan fingerprint density at radius 2 is 1.40 bits per heavy atom. The summed E-state index contributed by atoms with van der Waals surface area (Å²) in [5.74, 6) is 0. The molecule has 16 nitrogen and oxygen atoms in total. The Bertz CT molecular complexity index is 959. The third-order valence-electron chi connectivity index (χ3n) is 7.70. The number of hydrogen-bond donors (Lipinski definition) is 8. The molecule has 0 aromatic carbocycles. The molecule has 8 N–H and O–H groups in total. The summed E-state index contributed by atoms with van der Waals surface area (Å²) in [6.07, 6.45) is -9.25. The SMILES string of the molecule is C=CCCCCCCCCOP(=O)(O)C[C@H]1O[C@H](CO)[C@@H](O[C@@H]2O[C@H](COP(=O)(O)CCN(C)C)[C@H](O)[C@H](O)[C@H]2O)[C@H](O)[C@@H]1O. The maximum absolute atomic E-state index is 12.7. The summed E-state index contributed by atoms with van der Waals surface area (Å²) < 4.78 is 51.9. The molecule has 2 aliphatic heterocycles. The fourth-order valence-corrected chi connectivity index (χ4v) is 7.41. The van der Waals surface area contributed by atoms with Gasteiger partial charge in [-0.25, -0.2) is 0 Å². The minimum absolute atomic E-state index is 0.0122. The van der Waals surface area contributed by atoms with Gasteiger partial charge < -0.3 is 68.6 Å². The molecule has 2 saturated heterocycles. The number of hydrogen-bond acceptors (Lipinski definition) is 14. The van der Waals surface area contributed by atoms with Gasteiger partial charge in [0.05, 0.1) is 38.2 Å². The monoisotopic (exact) mass is 693 g/mol. The van der Waals surface area contributed by atoms with E-state index < -0.39 is 95.8 Å². The Hall–Kier alpha value is -0.360. The van der Waals surface area contributed by atoms with Crippen molar-refractivity contribution in [3.63, 3.8) is 0 Å². The quantitative estimate of drug-likeness (QED) is 0.0431. The minimum Gasteiger partial charge on any atom is -0.394 e. The van der Waals surface area contributed by atoms with Crippen LogP contribution in [0.15, 0.2) is 12.7 Å². The van der Waals surface area contributed by atoms with Crippen LogP contribution < -0.4 is 0 Å². The van der Waals surface area contributed by atoms with Gasteiger partial charge >= 0.3 is 15.2 Å². The second kappa shape index (κ2) is 19.6. The average Bonchev–Trinajstić information content (AvgIpc) is 2.98. The van der Waals surface area contributed by atoms with Crippen LogP contribution in [-0.2, 0) is 32.4 Å². The van der Waals surface area contributed by atoms with E-state index >= 15 is 0 Å². The van der Waals surface area contributed by atoms with Crippen LogP contribution in [0.4, 0.5) is 0 Å². The topological polar surface area (TPSA) is 245 Å². The molecule has 18 heteroatoms. The van der Waals surface area contributed by atoms with Crippen molar-refractivity contribution in [1.29, 1.82) is 0 Å². The van der Waals surface area contributed by atoms with Gasteiger partial charge in [0, 0.05) is 6.54 Å². The first-order valence-electron chi connectivity index (χ1n) is 15.3. The van der Waals surface area contributed by atoms with E-state index in [0.717, 1.165) is 38.5 Å². The van der Waals surface area contributed by atoms with E-state index in [1.807, 2.05) is 6.08 Å². The Kier molecular flexibility index (Phi) is 17.8. The van der Waals surface area contributed by atoms with Crippen molar-refractivity contribution in [2.45, 2.75) is 106 Å². The smallest absolute Gasteiger partial charge is 0.330 e. The predicted molar refractivity (Wildman–Crippen MR) is 162 cm³/mol. The highest BCUT2D eigenvalue weighted by Gasteiger charge is 2.51. The van der Waals surface area contributed by atoms with E-state index in [4.69, 9.17) is 23.3 Å². The van der Waals surface area contributed by atoms with Crippen LogP contribution in [0.2, 0.25) is 0 Å². The molecule has 2 unspecified atom stereocenters. The maximum Gasteiger partial charge on any atom is 0.330 e. The van der Waals surface area contributed by atoms with E-state index in [1.165, 1.54) is 0 Å². The highest BCUT2D eigenvalue weighted by atomic mass is 31.2.